The van der Waals surface area contributed by atoms with Gasteiger partial charge in [0, 0.05) is 37.4 Å². The van der Waals surface area contributed by atoms with Gasteiger partial charge in [0.25, 0.3) is 0 Å². The number of ether oxygens (including phenoxy) is 1. The number of aromatic nitrogens is 1. The summed E-state index contributed by atoms with van der Waals surface area (Å²) in [6, 6.07) is 9.57. The Morgan fingerprint density at radius 1 is 1.31 bits per heavy atom. The molecule has 6 nitrogen and oxygen atoms in total. The maximum Gasteiger partial charge on any atom is 0.247 e. The number of anilines is 1. The number of hydrogen-bond donors (Lipinski definition) is 1. The molecule has 0 saturated carbocycles. The molecule has 2 aromatic rings. The van der Waals surface area contributed by atoms with E-state index in [1.54, 1.807) is 17.7 Å². The summed E-state index contributed by atoms with van der Waals surface area (Å²) in [6.07, 6.45) is 5.53. The van der Waals surface area contributed by atoms with Crippen molar-refractivity contribution in [2.75, 3.05) is 31.6 Å². The molecule has 2 rings (SSSR count). The quantitative estimate of drug-likeness (QED) is 0.513. The fourth-order valence-electron chi connectivity index (χ4n) is 2.22. The van der Waals surface area contributed by atoms with E-state index in [0.29, 0.717) is 31.3 Å². The molecule has 2 amide bonds. The number of rotatable bonds is 10. The highest BCUT2D eigenvalue weighted by molar-refractivity contribution is 7.13. The van der Waals surface area contributed by atoms with E-state index in [4.69, 9.17) is 4.74 Å². The molecule has 0 unspecified atom stereocenters. The normalized spacial score (nSPS) is 10.8. The molecule has 0 saturated heterocycles. The summed E-state index contributed by atoms with van der Waals surface area (Å²) >= 11 is 1.34. The molecule has 7 heteroatoms. The smallest absolute Gasteiger partial charge is 0.247 e. The first kappa shape index (κ1) is 19.8. The molecule has 138 valence electrons. The van der Waals surface area contributed by atoms with E-state index in [1.807, 2.05) is 37.3 Å². The van der Waals surface area contributed by atoms with Crippen LogP contribution < -0.4 is 5.32 Å². The average Bonchev–Trinajstić information content (AvgIpc) is 3.16. The Kier molecular flexibility index (Phi) is 8.51. The lowest BCUT2D eigenvalue weighted by Crippen LogP contribution is -2.38. The third kappa shape index (κ3) is 7.16. The highest BCUT2D eigenvalue weighted by Crippen LogP contribution is 2.10. The molecule has 0 bridgehead atoms. The first-order valence-electron chi connectivity index (χ1n) is 8.48. The van der Waals surface area contributed by atoms with E-state index in [1.165, 1.54) is 22.3 Å². The highest BCUT2D eigenvalue weighted by atomic mass is 32.1. The van der Waals surface area contributed by atoms with Crippen molar-refractivity contribution in [2.24, 2.45) is 0 Å². The number of carbonyl (C=O) groups is 2. The predicted octanol–water partition coefficient (Wildman–Crippen LogP) is 3.05. The van der Waals surface area contributed by atoms with Crippen molar-refractivity contribution in [3.8, 4) is 0 Å². The largest absolute Gasteiger partial charge is 0.382 e. The number of amides is 2. The molecule has 0 aliphatic heterocycles. The lowest BCUT2D eigenvalue weighted by Gasteiger charge is -2.20. The fraction of sp³-hybridized carbons (Fsp3) is 0.316. The maximum absolute atomic E-state index is 12.5. The van der Waals surface area contributed by atoms with Gasteiger partial charge >= 0.3 is 0 Å². The van der Waals surface area contributed by atoms with Gasteiger partial charge in [-0.25, -0.2) is 4.98 Å². The lowest BCUT2D eigenvalue weighted by molar-refractivity contribution is -0.130. The molecule has 1 heterocycles. The van der Waals surface area contributed by atoms with Crippen LogP contribution in [0.5, 0.6) is 0 Å². The van der Waals surface area contributed by atoms with Crippen LogP contribution in [0.1, 0.15) is 18.9 Å². The summed E-state index contributed by atoms with van der Waals surface area (Å²) in [5.74, 6) is -0.475. The molecule has 0 aliphatic rings. The van der Waals surface area contributed by atoms with Crippen LogP contribution in [-0.2, 0) is 14.3 Å². The van der Waals surface area contributed by atoms with Gasteiger partial charge in [-0.1, -0.05) is 30.3 Å². The minimum absolute atomic E-state index is 0.0241. The first-order valence-corrected chi connectivity index (χ1v) is 9.36. The van der Waals surface area contributed by atoms with Crippen molar-refractivity contribution >= 4 is 34.4 Å². The number of carbonyl (C=O) groups excluding carboxylic acids is 2. The van der Waals surface area contributed by atoms with Gasteiger partial charge in [-0.05, 0) is 25.0 Å². The molecule has 0 aliphatic carbocycles. The Bertz CT molecular complexity index is 702. The minimum Gasteiger partial charge on any atom is -0.382 e. The third-order valence-corrected chi connectivity index (χ3v) is 4.15. The number of benzene rings is 1. The number of hydrogen-bond acceptors (Lipinski definition) is 5. The second-order valence-electron chi connectivity index (χ2n) is 5.44. The average molecular weight is 373 g/mol. The standard InChI is InChI=1S/C19H23N3O3S/c1-2-25-13-6-12-22(15-17(23)21-19-20-11-14-26-19)18(24)10-9-16-7-4-3-5-8-16/h3-5,7-11,14H,2,6,12-13,15H2,1H3,(H,20,21,23)/b10-9+. The molecule has 0 atom stereocenters. The summed E-state index contributed by atoms with van der Waals surface area (Å²) < 4.78 is 5.32. The van der Waals surface area contributed by atoms with E-state index in [2.05, 4.69) is 10.3 Å². The van der Waals surface area contributed by atoms with Crippen molar-refractivity contribution in [3.05, 3.63) is 53.5 Å². The van der Waals surface area contributed by atoms with E-state index < -0.39 is 0 Å². The molecule has 1 N–H and O–H groups in total. The van der Waals surface area contributed by atoms with Gasteiger partial charge < -0.3 is 15.0 Å². The zero-order chi connectivity index (χ0) is 18.6. The van der Waals surface area contributed by atoms with Gasteiger partial charge in [-0.2, -0.15) is 0 Å². The molecular weight excluding hydrogens is 350 g/mol. The van der Waals surface area contributed by atoms with Gasteiger partial charge in [0.05, 0.1) is 0 Å². The summed E-state index contributed by atoms with van der Waals surface area (Å²) in [5.41, 5.74) is 0.933. The van der Waals surface area contributed by atoms with Crippen LogP contribution in [0.3, 0.4) is 0 Å². The second kappa shape index (κ2) is 11.2. The molecule has 0 fully saturated rings. The van der Waals surface area contributed by atoms with Crippen molar-refractivity contribution < 1.29 is 14.3 Å². The lowest BCUT2D eigenvalue weighted by atomic mass is 10.2. The SMILES string of the molecule is CCOCCCN(CC(=O)Nc1nccs1)C(=O)/C=C/c1ccccc1. The number of nitrogens with zero attached hydrogens (tertiary/aromatic N) is 2. The number of thiazole rings is 1. The van der Waals surface area contributed by atoms with Crippen molar-refractivity contribution in [2.45, 2.75) is 13.3 Å². The second-order valence-corrected chi connectivity index (χ2v) is 6.33. The van der Waals surface area contributed by atoms with Crippen molar-refractivity contribution in [3.63, 3.8) is 0 Å². The Morgan fingerprint density at radius 3 is 2.81 bits per heavy atom. The van der Waals surface area contributed by atoms with E-state index in [0.717, 1.165) is 5.56 Å². The topological polar surface area (TPSA) is 71.5 Å². The Labute approximate surface area is 157 Å². The zero-order valence-corrected chi connectivity index (χ0v) is 15.6. The maximum atomic E-state index is 12.5. The van der Waals surface area contributed by atoms with Crippen LogP contribution in [0.4, 0.5) is 5.13 Å². The zero-order valence-electron chi connectivity index (χ0n) is 14.8. The van der Waals surface area contributed by atoms with Crippen LogP contribution in [-0.4, -0.2) is 48.0 Å². The summed E-state index contributed by atoms with van der Waals surface area (Å²) in [4.78, 5) is 30.3. The van der Waals surface area contributed by atoms with Crippen LogP contribution in [0.25, 0.3) is 6.08 Å². The van der Waals surface area contributed by atoms with E-state index in [-0.39, 0.29) is 18.4 Å². The van der Waals surface area contributed by atoms with Gasteiger partial charge in [0.2, 0.25) is 11.8 Å². The fourth-order valence-corrected chi connectivity index (χ4v) is 2.77. The summed E-state index contributed by atoms with van der Waals surface area (Å²) in [5, 5.41) is 5.01. The van der Waals surface area contributed by atoms with Crippen LogP contribution in [0.15, 0.2) is 48.0 Å². The molecule has 26 heavy (non-hydrogen) atoms. The van der Waals surface area contributed by atoms with Gasteiger partial charge in [-0.15, -0.1) is 11.3 Å². The highest BCUT2D eigenvalue weighted by Gasteiger charge is 2.15. The van der Waals surface area contributed by atoms with Crippen LogP contribution in [0.2, 0.25) is 0 Å². The van der Waals surface area contributed by atoms with Gasteiger partial charge in [0.15, 0.2) is 5.13 Å². The van der Waals surface area contributed by atoms with E-state index >= 15 is 0 Å². The third-order valence-electron chi connectivity index (χ3n) is 3.46. The summed E-state index contributed by atoms with van der Waals surface area (Å²) in [7, 11) is 0. The van der Waals surface area contributed by atoms with Crippen LogP contribution >= 0.6 is 11.3 Å². The first-order chi connectivity index (χ1) is 12.7. The van der Waals surface area contributed by atoms with Gasteiger partial charge in [-0.3, -0.25) is 9.59 Å². The molecule has 1 aromatic carbocycles. The molecule has 1 aromatic heterocycles. The van der Waals surface area contributed by atoms with Crippen molar-refractivity contribution in [1.29, 1.82) is 0 Å². The monoisotopic (exact) mass is 373 g/mol. The molecular formula is C19H23N3O3S. The van der Waals surface area contributed by atoms with E-state index in [9.17, 15) is 9.59 Å². The predicted molar refractivity (Wildman–Crippen MR) is 104 cm³/mol. The Hall–Kier alpha value is -2.51. The molecule has 0 spiro atoms. The van der Waals surface area contributed by atoms with Gasteiger partial charge in [0.1, 0.15) is 6.54 Å². The Morgan fingerprint density at radius 2 is 2.12 bits per heavy atom. The van der Waals surface area contributed by atoms with Crippen molar-refractivity contribution in [1.82, 2.24) is 9.88 Å². The Balaban J connectivity index is 1.95. The summed E-state index contributed by atoms with van der Waals surface area (Å²) in [6.45, 7) is 3.53. The van der Waals surface area contributed by atoms with Crippen LogP contribution in [0, 0.1) is 0 Å². The number of nitrogens with one attached hydrogen (secondary N) is 1. The molecule has 0 radical (unpaired) electrons. The minimum atomic E-state index is -0.266.